The van der Waals surface area contributed by atoms with Crippen LogP contribution in [0.5, 0.6) is 0 Å². The fourth-order valence-electron chi connectivity index (χ4n) is 2.30. The van der Waals surface area contributed by atoms with Gasteiger partial charge < -0.3 is 5.32 Å². The molecule has 1 aliphatic rings. The molecule has 1 aromatic carbocycles. The number of fused-ring (bicyclic) bond motifs is 1. The van der Waals surface area contributed by atoms with Crippen LogP contribution in [0.25, 0.3) is 0 Å². The third kappa shape index (κ3) is 3.13. The summed E-state index contributed by atoms with van der Waals surface area (Å²) in [4.78, 5) is 4.13. The Labute approximate surface area is 136 Å². The van der Waals surface area contributed by atoms with E-state index in [0.717, 1.165) is 30.3 Å². The molecule has 0 aliphatic carbocycles. The quantitative estimate of drug-likeness (QED) is 0.850. The van der Waals surface area contributed by atoms with E-state index in [0.29, 0.717) is 16.7 Å². The van der Waals surface area contributed by atoms with Crippen LogP contribution >= 0.6 is 15.9 Å². The monoisotopic (exact) mass is 385 g/mol. The van der Waals surface area contributed by atoms with Gasteiger partial charge in [-0.05, 0) is 45.8 Å². The lowest BCUT2D eigenvalue weighted by Crippen LogP contribution is -2.25. The van der Waals surface area contributed by atoms with Gasteiger partial charge in [0.05, 0.1) is 11.9 Å². The van der Waals surface area contributed by atoms with Gasteiger partial charge in [-0.2, -0.15) is 0 Å². The Balaban J connectivity index is 1.93. The summed E-state index contributed by atoms with van der Waals surface area (Å²) in [5, 5.41) is 3.20. The number of benzene rings is 1. The van der Waals surface area contributed by atoms with Crippen LogP contribution in [0, 0.1) is 5.82 Å². The topological polar surface area (TPSA) is 71.1 Å². The molecule has 0 radical (unpaired) electrons. The second-order valence-corrected chi connectivity index (χ2v) is 7.44. The van der Waals surface area contributed by atoms with Gasteiger partial charge in [0.15, 0.2) is 0 Å². The van der Waals surface area contributed by atoms with Gasteiger partial charge >= 0.3 is 0 Å². The summed E-state index contributed by atoms with van der Waals surface area (Å²) in [6, 6.07) is 5.27. The Morgan fingerprint density at radius 2 is 2.14 bits per heavy atom. The summed E-state index contributed by atoms with van der Waals surface area (Å²) in [6.45, 7) is 1.52. The highest BCUT2D eigenvalue weighted by Gasteiger charge is 2.20. The van der Waals surface area contributed by atoms with Crippen molar-refractivity contribution in [2.75, 3.05) is 11.3 Å². The van der Waals surface area contributed by atoms with Gasteiger partial charge in [0.2, 0.25) is 0 Å². The standard InChI is InChI=1S/C14H13BrFN3O2S/c15-12-2-1-10(16)6-14(12)22(20,21)19-11-5-9-7-17-4-3-13(9)18-8-11/h1-2,5-6,8,17,19H,3-4,7H2. The summed E-state index contributed by atoms with van der Waals surface area (Å²) in [6.07, 6.45) is 2.30. The van der Waals surface area contributed by atoms with E-state index < -0.39 is 15.8 Å². The van der Waals surface area contributed by atoms with Crippen molar-refractivity contribution >= 4 is 31.6 Å². The molecule has 0 atom stereocenters. The second-order valence-electron chi connectivity index (χ2n) is 4.94. The van der Waals surface area contributed by atoms with Gasteiger partial charge in [0.25, 0.3) is 10.0 Å². The fraction of sp³-hybridized carbons (Fsp3) is 0.214. The lowest BCUT2D eigenvalue weighted by Gasteiger charge is -2.17. The van der Waals surface area contributed by atoms with Crippen molar-refractivity contribution < 1.29 is 12.8 Å². The molecule has 0 amide bonds. The van der Waals surface area contributed by atoms with Crippen LogP contribution in [-0.4, -0.2) is 19.9 Å². The number of anilines is 1. The van der Waals surface area contributed by atoms with Gasteiger partial charge in [-0.15, -0.1) is 0 Å². The predicted molar refractivity (Wildman–Crippen MR) is 84.6 cm³/mol. The highest BCUT2D eigenvalue weighted by atomic mass is 79.9. The Morgan fingerprint density at radius 1 is 1.32 bits per heavy atom. The van der Waals surface area contributed by atoms with Crippen LogP contribution in [0.3, 0.4) is 0 Å². The molecule has 116 valence electrons. The molecular weight excluding hydrogens is 373 g/mol. The zero-order valence-electron chi connectivity index (χ0n) is 11.4. The molecule has 0 unspecified atom stereocenters. The molecule has 8 heteroatoms. The molecule has 2 N–H and O–H groups in total. The minimum atomic E-state index is -3.89. The molecular formula is C14H13BrFN3O2S. The maximum absolute atomic E-state index is 13.3. The van der Waals surface area contributed by atoms with E-state index >= 15 is 0 Å². The number of rotatable bonds is 3. The number of pyridine rings is 1. The first kappa shape index (κ1) is 15.4. The molecule has 0 fully saturated rings. The third-order valence-electron chi connectivity index (χ3n) is 3.35. The van der Waals surface area contributed by atoms with Crippen molar-refractivity contribution in [1.29, 1.82) is 0 Å². The summed E-state index contributed by atoms with van der Waals surface area (Å²) in [5.74, 6) is -0.614. The average molecular weight is 386 g/mol. The minimum Gasteiger partial charge on any atom is -0.312 e. The van der Waals surface area contributed by atoms with E-state index in [2.05, 4.69) is 31.0 Å². The zero-order valence-corrected chi connectivity index (χ0v) is 13.8. The maximum atomic E-state index is 13.3. The van der Waals surface area contributed by atoms with Crippen molar-refractivity contribution in [3.63, 3.8) is 0 Å². The minimum absolute atomic E-state index is 0.150. The van der Waals surface area contributed by atoms with Gasteiger partial charge in [-0.3, -0.25) is 9.71 Å². The molecule has 2 heterocycles. The molecule has 5 nitrogen and oxygen atoms in total. The van der Waals surface area contributed by atoms with Crippen molar-refractivity contribution in [2.45, 2.75) is 17.9 Å². The first-order chi connectivity index (χ1) is 10.5. The highest BCUT2D eigenvalue weighted by molar-refractivity contribution is 9.10. The molecule has 22 heavy (non-hydrogen) atoms. The summed E-state index contributed by atoms with van der Waals surface area (Å²) in [7, 11) is -3.89. The van der Waals surface area contributed by atoms with Gasteiger partial charge in [-0.1, -0.05) is 0 Å². The number of nitrogens with one attached hydrogen (secondary N) is 2. The number of aromatic nitrogens is 1. The van der Waals surface area contributed by atoms with Crippen LogP contribution in [0.15, 0.2) is 39.8 Å². The van der Waals surface area contributed by atoms with Gasteiger partial charge in [0, 0.05) is 29.7 Å². The lowest BCUT2D eigenvalue weighted by atomic mass is 10.1. The van der Waals surface area contributed by atoms with Gasteiger partial charge in [0.1, 0.15) is 10.7 Å². The number of nitrogens with zero attached hydrogens (tertiary/aromatic N) is 1. The zero-order chi connectivity index (χ0) is 15.7. The first-order valence-electron chi connectivity index (χ1n) is 6.62. The number of halogens is 2. The van der Waals surface area contributed by atoms with Gasteiger partial charge in [-0.25, -0.2) is 12.8 Å². The van der Waals surface area contributed by atoms with Crippen LogP contribution in [0.2, 0.25) is 0 Å². The van der Waals surface area contributed by atoms with Crippen LogP contribution in [0.1, 0.15) is 11.3 Å². The van der Waals surface area contributed by atoms with E-state index in [4.69, 9.17) is 0 Å². The first-order valence-corrected chi connectivity index (χ1v) is 8.90. The van der Waals surface area contributed by atoms with Crippen molar-refractivity contribution in [2.24, 2.45) is 0 Å². The molecule has 0 saturated heterocycles. The molecule has 0 bridgehead atoms. The Morgan fingerprint density at radius 3 is 2.95 bits per heavy atom. The van der Waals surface area contributed by atoms with Crippen LogP contribution < -0.4 is 10.0 Å². The average Bonchev–Trinajstić information content (AvgIpc) is 2.49. The van der Waals surface area contributed by atoms with E-state index in [1.54, 1.807) is 6.07 Å². The van der Waals surface area contributed by atoms with Crippen LogP contribution in [-0.2, 0) is 23.0 Å². The maximum Gasteiger partial charge on any atom is 0.263 e. The second kappa shape index (κ2) is 5.94. The summed E-state index contributed by atoms with van der Waals surface area (Å²) in [5.41, 5.74) is 2.29. The van der Waals surface area contributed by atoms with E-state index in [1.165, 1.54) is 18.3 Å². The Kier molecular flexibility index (Phi) is 4.16. The Hall–Kier alpha value is -1.51. The smallest absolute Gasteiger partial charge is 0.263 e. The molecule has 0 saturated carbocycles. The summed E-state index contributed by atoms with van der Waals surface area (Å²) < 4.78 is 40.8. The molecule has 3 rings (SSSR count). The highest BCUT2D eigenvalue weighted by Crippen LogP contribution is 2.25. The van der Waals surface area contributed by atoms with Crippen molar-refractivity contribution in [1.82, 2.24) is 10.3 Å². The predicted octanol–water partition coefficient (Wildman–Crippen LogP) is 2.43. The number of hydrogen-bond donors (Lipinski definition) is 2. The van der Waals surface area contributed by atoms with Crippen molar-refractivity contribution in [3.05, 3.63) is 52.0 Å². The SMILES string of the molecule is O=S(=O)(Nc1cnc2c(c1)CNCC2)c1cc(F)ccc1Br. The number of sulfonamides is 1. The van der Waals surface area contributed by atoms with E-state index in [-0.39, 0.29) is 4.90 Å². The normalized spacial score (nSPS) is 14.5. The van der Waals surface area contributed by atoms with Crippen LogP contribution in [0.4, 0.5) is 10.1 Å². The largest absolute Gasteiger partial charge is 0.312 e. The Bertz CT molecular complexity index is 827. The molecule has 1 aromatic heterocycles. The van der Waals surface area contributed by atoms with Crippen molar-refractivity contribution in [3.8, 4) is 0 Å². The summed E-state index contributed by atoms with van der Waals surface area (Å²) >= 11 is 3.13. The number of hydrogen-bond acceptors (Lipinski definition) is 4. The molecule has 2 aromatic rings. The lowest BCUT2D eigenvalue weighted by molar-refractivity contribution is 0.594. The van der Waals surface area contributed by atoms with E-state index in [9.17, 15) is 12.8 Å². The molecule has 0 spiro atoms. The fourth-order valence-corrected chi connectivity index (χ4v) is 4.31. The van der Waals surface area contributed by atoms with E-state index in [1.807, 2.05) is 0 Å². The molecule has 1 aliphatic heterocycles. The third-order valence-corrected chi connectivity index (χ3v) is 5.72.